The molecule has 0 amide bonds. The van der Waals surface area contributed by atoms with Crippen molar-refractivity contribution in [2.45, 2.75) is 52.5 Å². The standard InChI is InChI=1S/C15H28N6/c1-5-20(6-2)14-17-13(16-4)18-15(19-14)21(7-3)12-10-8-9-11-12/h12H,5-11H2,1-4H3,(H,16,17,18,19). The highest BCUT2D eigenvalue weighted by atomic mass is 15.4. The predicted molar refractivity (Wildman–Crippen MR) is 88.2 cm³/mol. The van der Waals surface area contributed by atoms with Crippen molar-refractivity contribution in [3.8, 4) is 0 Å². The van der Waals surface area contributed by atoms with Crippen LogP contribution in [0.4, 0.5) is 17.8 Å². The van der Waals surface area contributed by atoms with Gasteiger partial charge >= 0.3 is 0 Å². The van der Waals surface area contributed by atoms with Gasteiger partial charge in [-0.25, -0.2) is 0 Å². The smallest absolute Gasteiger partial charge is 0.232 e. The van der Waals surface area contributed by atoms with Gasteiger partial charge in [-0.05, 0) is 33.6 Å². The lowest BCUT2D eigenvalue weighted by Gasteiger charge is -2.29. The minimum Gasteiger partial charge on any atom is -0.357 e. The summed E-state index contributed by atoms with van der Waals surface area (Å²) in [5.41, 5.74) is 0. The number of nitrogens with one attached hydrogen (secondary N) is 1. The van der Waals surface area contributed by atoms with Gasteiger partial charge in [0.1, 0.15) is 0 Å². The zero-order valence-electron chi connectivity index (χ0n) is 13.8. The largest absolute Gasteiger partial charge is 0.357 e. The number of hydrogen-bond donors (Lipinski definition) is 1. The van der Waals surface area contributed by atoms with Crippen LogP contribution in [0, 0.1) is 0 Å². The molecular formula is C15H28N6. The Morgan fingerprint density at radius 3 is 2.10 bits per heavy atom. The molecule has 0 aliphatic heterocycles. The lowest BCUT2D eigenvalue weighted by Crippen LogP contribution is -2.35. The Morgan fingerprint density at radius 2 is 1.57 bits per heavy atom. The average Bonchev–Trinajstić information content (AvgIpc) is 3.03. The second kappa shape index (κ2) is 7.43. The lowest BCUT2D eigenvalue weighted by atomic mass is 10.2. The molecule has 0 aromatic carbocycles. The number of nitrogens with zero attached hydrogens (tertiary/aromatic N) is 5. The Morgan fingerprint density at radius 1 is 0.952 bits per heavy atom. The summed E-state index contributed by atoms with van der Waals surface area (Å²) in [6.07, 6.45) is 5.12. The average molecular weight is 292 g/mol. The third-order valence-electron chi connectivity index (χ3n) is 4.24. The molecule has 1 fully saturated rings. The van der Waals surface area contributed by atoms with E-state index in [1.807, 2.05) is 7.05 Å². The van der Waals surface area contributed by atoms with E-state index in [9.17, 15) is 0 Å². The molecule has 2 rings (SSSR count). The number of anilines is 3. The molecule has 0 saturated heterocycles. The lowest BCUT2D eigenvalue weighted by molar-refractivity contribution is 0.603. The topological polar surface area (TPSA) is 57.2 Å². The van der Waals surface area contributed by atoms with Crippen LogP contribution in [0.15, 0.2) is 0 Å². The van der Waals surface area contributed by atoms with Gasteiger partial charge in [0.25, 0.3) is 0 Å². The van der Waals surface area contributed by atoms with Crippen LogP contribution in [-0.4, -0.2) is 47.7 Å². The third-order valence-corrected chi connectivity index (χ3v) is 4.24. The van der Waals surface area contributed by atoms with Gasteiger partial charge in [-0.15, -0.1) is 0 Å². The van der Waals surface area contributed by atoms with Gasteiger partial charge in [0.2, 0.25) is 17.8 Å². The maximum absolute atomic E-state index is 4.73. The zero-order valence-corrected chi connectivity index (χ0v) is 13.8. The Labute approximate surface area is 128 Å². The minimum atomic E-state index is 0.576. The Kier molecular flexibility index (Phi) is 5.59. The molecule has 0 unspecified atom stereocenters. The molecule has 6 heteroatoms. The van der Waals surface area contributed by atoms with Gasteiger partial charge in [-0.1, -0.05) is 12.8 Å². The third kappa shape index (κ3) is 3.54. The first-order chi connectivity index (χ1) is 10.2. The molecule has 0 bridgehead atoms. The highest BCUT2D eigenvalue weighted by molar-refractivity contribution is 5.45. The van der Waals surface area contributed by atoms with Crippen molar-refractivity contribution in [2.75, 3.05) is 41.8 Å². The fourth-order valence-electron chi connectivity index (χ4n) is 3.02. The number of hydrogen-bond acceptors (Lipinski definition) is 6. The van der Waals surface area contributed by atoms with Gasteiger partial charge in [-0.3, -0.25) is 0 Å². The Balaban J connectivity index is 2.34. The fourth-order valence-corrected chi connectivity index (χ4v) is 3.02. The van der Waals surface area contributed by atoms with E-state index in [2.05, 4.69) is 45.9 Å². The Bertz CT molecular complexity index is 440. The molecular weight excluding hydrogens is 264 g/mol. The summed E-state index contributed by atoms with van der Waals surface area (Å²) in [6, 6.07) is 0.576. The van der Waals surface area contributed by atoms with Crippen LogP contribution in [0.2, 0.25) is 0 Å². The van der Waals surface area contributed by atoms with Gasteiger partial charge < -0.3 is 15.1 Å². The molecule has 1 aromatic rings. The van der Waals surface area contributed by atoms with Crippen LogP contribution < -0.4 is 15.1 Å². The molecule has 0 spiro atoms. The summed E-state index contributed by atoms with van der Waals surface area (Å²) < 4.78 is 0. The van der Waals surface area contributed by atoms with Gasteiger partial charge in [-0.2, -0.15) is 15.0 Å². The summed E-state index contributed by atoms with van der Waals surface area (Å²) in [4.78, 5) is 18.3. The molecule has 118 valence electrons. The van der Waals surface area contributed by atoms with E-state index < -0.39 is 0 Å². The van der Waals surface area contributed by atoms with Crippen molar-refractivity contribution >= 4 is 17.8 Å². The summed E-state index contributed by atoms with van der Waals surface area (Å²) in [5, 5.41) is 3.06. The molecule has 1 N–H and O–H groups in total. The second-order valence-electron chi connectivity index (χ2n) is 5.41. The molecule has 1 aliphatic rings. The first kappa shape index (κ1) is 15.8. The van der Waals surface area contributed by atoms with Crippen molar-refractivity contribution in [2.24, 2.45) is 0 Å². The molecule has 1 aromatic heterocycles. The van der Waals surface area contributed by atoms with Gasteiger partial charge in [0.15, 0.2) is 0 Å². The second-order valence-corrected chi connectivity index (χ2v) is 5.41. The van der Waals surface area contributed by atoms with Crippen LogP contribution in [0.1, 0.15) is 46.5 Å². The van der Waals surface area contributed by atoms with Crippen molar-refractivity contribution in [3.05, 3.63) is 0 Å². The predicted octanol–water partition coefficient (Wildman–Crippen LogP) is 2.53. The molecule has 0 radical (unpaired) electrons. The SMILES string of the molecule is CCN(CC)c1nc(NC)nc(N(CC)C2CCCC2)n1. The monoisotopic (exact) mass is 292 g/mol. The first-order valence-corrected chi connectivity index (χ1v) is 8.18. The normalized spacial score (nSPS) is 15.2. The van der Waals surface area contributed by atoms with Crippen LogP contribution in [0.5, 0.6) is 0 Å². The highest BCUT2D eigenvalue weighted by Crippen LogP contribution is 2.27. The van der Waals surface area contributed by atoms with Crippen LogP contribution in [-0.2, 0) is 0 Å². The minimum absolute atomic E-state index is 0.576. The summed E-state index contributed by atoms with van der Waals surface area (Å²) >= 11 is 0. The summed E-state index contributed by atoms with van der Waals surface area (Å²) in [6.45, 7) is 9.17. The maximum Gasteiger partial charge on any atom is 0.232 e. The fraction of sp³-hybridized carbons (Fsp3) is 0.800. The zero-order chi connectivity index (χ0) is 15.2. The van der Waals surface area contributed by atoms with E-state index in [1.54, 1.807) is 0 Å². The molecule has 21 heavy (non-hydrogen) atoms. The Hall–Kier alpha value is -1.59. The van der Waals surface area contributed by atoms with Crippen molar-refractivity contribution in [1.82, 2.24) is 15.0 Å². The van der Waals surface area contributed by atoms with E-state index in [-0.39, 0.29) is 0 Å². The molecule has 1 heterocycles. The first-order valence-electron chi connectivity index (χ1n) is 8.18. The highest BCUT2D eigenvalue weighted by Gasteiger charge is 2.24. The van der Waals surface area contributed by atoms with Crippen molar-refractivity contribution in [3.63, 3.8) is 0 Å². The van der Waals surface area contributed by atoms with E-state index >= 15 is 0 Å². The molecule has 6 nitrogen and oxygen atoms in total. The molecule has 1 saturated carbocycles. The number of rotatable bonds is 7. The summed E-state index contributed by atoms with van der Waals surface area (Å²) in [5.74, 6) is 2.23. The number of aromatic nitrogens is 3. The van der Waals surface area contributed by atoms with Crippen LogP contribution in [0.3, 0.4) is 0 Å². The van der Waals surface area contributed by atoms with Crippen molar-refractivity contribution in [1.29, 1.82) is 0 Å². The molecule has 1 aliphatic carbocycles. The van der Waals surface area contributed by atoms with E-state index in [0.29, 0.717) is 12.0 Å². The van der Waals surface area contributed by atoms with Crippen LogP contribution in [0.25, 0.3) is 0 Å². The van der Waals surface area contributed by atoms with E-state index in [4.69, 9.17) is 4.98 Å². The summed E-state index contributed by atoms with van der Waals surface area (Å²) in [7, 11) is 1.86. The quantitative estimate of drug-likeness (QED) is 0.833. The van der Waals surface area contributed by atoms with Crippen LogP contribution >= 0.6 is 0 Å². The van der Waals surface area contributed by atoms with Gasteiger partial charge in [0.05, 0.1) is 0 Å². The van der Waals surface area contributed by atoms with E-state index in [1.165, 1.54) is 25.7 Å². The van der Waals surface area contributed by atoms with Crippen molar-refractivity contribution < 1.29 is 0 Å². The maximum atomic E-state index is 4.73. The van der Waals surface area contributed by atoms with E-state index in [0.717, 1.165) is 31.5 Å². The van der Waals surface area contributed by atoms with Gasteiger partial charge in [0, 0.05) is 32.7 Å². The molecule has 0 atom stereocenters.